The molecular formula is C25H29F8N5O3S. The van der Waals surface area contributed by atoms with Gasteiger partial charge in [-0.15, -0.1) is 11.3 Å². The molecule has 0 bridgehead atoms. The van der Waals surface area contributed by atoms with E-state index in [1.807, 2.05) is 0 Å². The summed E-state index contributed by atoms with van der Waals surface area (Å²) in [5.74, 6) is -5.89. The number of carbonyl (C=O) groups is 2. The van der Waals surface area contributed by atoms with E-state index in [9.17, 15) is 49.8 Å². The first-order chi connectivity index (χ1) is 18.9. The fourth-order valence-corrected chi connectivity index (χ4v) is 4.91. The Morgan fingerprint density at radius 2 is 1.74 bits per heavy atom. The van der Waals surface area contributed by atoms with Crippen LogP contribution in [0.25, 0.3) is 10.4 Å². The van der Waals surface area contributed by atoms with Gasteiger partial charge < -0.3 is 20.6 Å². The molecule has 1 saturated heterocycles. The molecule has 1 aliphatic rings. The summed E-state index contributed by atoms with van der Waals surface area (Å²) in [6.45, 7) is 3.65. The number of hydrogen-bond acceptors (Lipinski definition) is 7. The molecule has 234 valence electrons. The molecule has 1 atom stereocenters. The minimum atomic E-state index is -5.12. The fraction of sp³-hybridized carbons (Fsp3) is 0.600. The number of rotatable bonds is 8. The molecule has 0 saturated carbocycles. The van der Waals surface area contributed by atoms with Crippen LogP contribution >= 0.6 is 11.3 Å². The molecule has 3 heterocycles. The third-order valence-corrected chi connectivity index (χ3v) is 7.51. The van der Waals surface area contributed by atoms with Gasteiger partial charge in [-0.05, 0) is 40.7 Å². The average molecular weight is 632 g/mol. The predicted molar refractivity (Wildman–Crippen MR) is 137 cm³/mol. The van der Waals surface area contributed by atoms with Crippen LogP contribution in [-0.2, 0) is 6.18 Å². The summed E-state index contributed by atoms with van der Waals surface area (Å²) < 4.78 is 110. The Bertz CT molecular complexity index is 1330. The van der Waals surface area contributed by atoms with Gasteiger partial charge >= 0.3 is 12.4 Å². The van der Waals surface area contributed by atoms with Crippen molar-refractivity contribution in [2.45, 2.75) is 71.0 Å². The van der Waals surface area contributed by atoms with Crippen molar-refractivity contribution in [1.82, 2.24) is 20.2 Å². The molecule has 2 aromatic rings. The van der Waals surface area contributed by atoms with Crippen LogP contribution in [-0.4, -0.2) is 75.2 Å². The third kappa shape index (κ3) is 7.65. The van der Waals surface area contributed by atoms with Crippen LogP contribution in [0.4, 0.5) is 40.9 Å². The van der Waals surface area contributed by atoms with Gasteiger partial charge in [-0.1, -0.05) is 0 Å². The minimum Gasteiger partial charge on any atom is -0.389 e. The number of likely N-dealkylation sites (tertiary alicyclic amines) is 1. The van der Waals surface area contributed by atoms with Crippen LogP contribution in [0.3, 0.4) is 0 Å². The molecule has 2 aromatic heterocycles. The normalized spacial score (nSPS) is 17.9. The summed E-state index contributed by atoms with van der Waals surface area (Å²) in [6, 6.07) is -0.547. The summed E-state index contributed by atoms with van der Waals surface area (Å²) in [6.07, 6.45) is -9.82. The smallest absolute Gasteiger partial charge is 0.389 e. The van der Waals surface area contributed by atoms with Gasteiger partial charge in [-0.25, -0.2) is 18.7 Å². The SMILES string of the molecule is CC1CC(F)(F)CN1C(=O)c1nc(C(=O)NCC(C)(C)O)sc1-c1cnc(NCC(C)(C)C(F)(F)F)cc1C(F)(F)F. The molecule has 0 aliphatic carbocycles. The van der Waals surface area contributed by atoms with Crippen LogP contribution < -0.4 is 10.6 Å². The Balaban J connectivity index is 2.11. The zero-order valence-electron chi connectivity index (χ0n) is 23.1. The van der Waals surface area contributed by atoms with Gasteiger partial charge in [0.1, 0.15) is 11.5 Å². The molecule has 1 fully saturated rings. The maximum Gasteiger partial charge on any atom is 0.417 e. The van der Waals surface area contributed by atoms with E-state index in [4.69, 9.17) is 0 Å². The van der Waals surface area contributed by atoms with Crippen LogP contribution in [0.2, 0.25) is 0 Å². The van der Waals surface area contributed by atoms with Crippen LogP contribution in [0.15, 0.2) is 12.3 Å². The molecule has 17 heteroatoms. The predicted octanol–water partition coefficient (Wildman–Crippen LogP) is 5.59. The molecular weight excluding hydrogens is 602 g/mol. The summed E-state index contributed by atoms with van der Waals surface area (Å²) in [5.41, 5.74) is -6.54. The number of thiazole rings is 1. The van der Waals surface area contributed by atoms with Gasteiger partial charge in [0.05, 0.1) is 28.0 Å². The van der Waals surface area contributed by atoms with Crippen molar-refractivity contribution >= 4 is 29.0 Å². The van der Waals surface area contributed by atoms with Crippen molar-refractivity contribution in [1.29, 1.82) is 0 Å². The van der Waals surface area contributed by atoms with Gasteiger partial charge in [0, 0.05) is 37.3 Å². The summed E-state index contributed by atoms with van der Waals surface area (Å²) in [7, 11) is 0. The van der Waals surface area contributed by atoms with Crippen LogP contribution in [0.1, 0.15) is 66.9 Å². The standard InChI is InChI=1S/C25H29F8N5O3S/c1-12-7-23(26,27)11-38(12)20(40)16-17(42-19(37-16)18(39)36-10-22(4,5)41)13-8-34-15(6-14(13)24(28,29)30)35-9-21(2,3)25(31,32)33/h6,8,12,41H,7,9-11H2,1-5H3,(H,34,35)(H,36,39). The van der Waals surface area contributed by atoms with E-state index in [0.29, 0.717) is 23.6 Å². The number of carbonyl (C=O) groups excluding carboxylic acids is 2. The molecule has 8 nitrogen and oxygen atoms in total. The number of aliphatic hydroxyl groups is 1. The number of aromatic nitrogens is 2. The number of alkyl halides is 8. The molecule has 0 aromatic carbocycles. The monoisotopic (exact) mass is 631 g/mol. The van der Waals surface area contributed by atoms with E-state index in [2.05, 4.69) is 20.6 Å². The highest BCUT2D eigenvalue weighted by atomic mass is 32.1. The first kappa shape index (κ1) is 33.4. The van der Waals surface area contributed by atoms with Crippen molar-refractivity contribution in [3.05, 3.63) is 28.5 Å². The van der Waals surface area contributed by atoms with Crippen LogP contribution in [0.5, 0.6) is 0 Å². The van der Waals surface area contributed by atoms with E-state index in [1.54, 1.807) is 0 Å². The highest BCUT2D eigenvalue weighted by Gasteiger charge is 2.48. The number of amides is 2. The fourth-order valence-electron chi connectivity index (χ4n) is 3.92. The van der Waals surface area contributed by atoms with Crippen molar-refractivity contribution in [3.8, 4) is 10.4 Å². The molecule has 2 amide bonds. The summed E-state index contributed by atoms with van der Waals surface area (Å²) >= 11 is 0.368. The largest absolute Gasteiger partial charge is 0.417 e. The number of nitrogens with one attached hydrogen (secondary N) is 2. The van der Waals surface area contributed by atoms with Gasteiger partial charge in [-0.2, -0.15) is 26.3 Å². The van der Waals surface area contributed by atoms with E-state index in [-0.39, 0.29) is 6.54 Å². The third-order valence-electron chi connectivity index (χ3n) is 6.43. The second-order valence-electron chi connectivity index (χ2n) is 11.4. The number of anilines is 1. The van der Waals surface area contributed by atoms with E-state index in [0.717, 1.165) is 18.7 Å². The van der Waals surface area contributed by atoms with Crippen molar-refractivity contribution in [3.63, 3.8) is 0 Å². The van der Waals surface area contributed by atoms with Crippen molar-refractivity contribution in [2.24, 2.45) is 5.41 Å². The Morgan fingerprint density at radius 3 is 2.24 bits per heavy atom. The van der Waals surface area contributed by atoms with Gasteiger partial charge in [0.25, 0.3) is 17.7 Å². The highest BCUT2D eigenvalue weighted by molar-refractivity contribution is 7.17. The second-order valence-corrected chi connectivity index (χ2v) is 12.4. The van der Waals surface area contributed by atoms with Crippen LogP contribution in [0, 0.1) is 5.41 Å². The lowest BCUT2D eigenvalue weighted by Crippen LogP contribution is -2.38. The van der Waals surface area contributed by atoms with E-state index in [1.165, 1.54) is 20.8 Å². The Labute approximate surface area is 239 Å². The quantitative estimate of drug-likeness (QED) is 0.328. The summed E-state index contributed by atoms with van der Waals surface area (Å²) in [5, 5.41) is 14.0. The number of nitrogens with zero attached hydrogens (tertiary/aromatic N) is 3. The average Bonchev–Trinajstić information content (AvgIpc) is 3.39. The van der Waals surface area contributed by atoms with Gasteiger partial charge in [0.2, 0.25) is 0 Å². The van der Waals surface area contributed by atoms with Crippen molar-refractivity contribution in [2.75, 3.05) is 25.0 Å². The number of hydrogen-bond donors (Lipinski definition) is 3. The van der Waals surface area contributed by atoms with E-state index < -0.39 is 99.2 Å². The number of pyridine rings is 1. The number of halogens is 8. The lowest BCUT2D eigenvalue weighted by molar-refractivity contribution is -0.206. The highest BCUT2D eigenvalue weighted by Crippen LogP contribution is 2.43. The molecule has 1 aliphatic heterocycles. The Hall–Kier alpha value is -3.08. The van der Waals surface area contributed by atoms with Crippen molar-refractivity contribution < 1.29 is 49.8 Å². The molecule has 0 spiro atoms. The first-order valence-corrected chi connectivity index (χ1v) is 13.3. The van der Waals surface area contributed by atoms with Gasteiger partial charge in [-0.3, -0.25) is 9.59 Å². The van der Waals surface area contributed by atoms with E-state index >= 15 is 0 Å². The zero-order chi connectivity index (χ0) is 32.1. The first-order valence-electron chi connectivity index (χ1n) is 12.5. The Morgan fingerprint density at radius 1 is 1.12 bits per heavy atom. The maximum atomic E-state index is 14.2. The van der Waals surface area contributed by atoms with Gasteiger partial charge in [0.15, 0.2) is 5.01 Å². The second kappa shape index (κ2) is 11.2. The Kier molecular flexibility index (Phi) is 8.92. The molecule has 42 heavy (non-hydrogen) atoms. The molecule has 3 N–H and O–H groups in total. The zero-order valence-corrected chi connectivity index (χ0v) is 23.9. The molecule has 1 unspecified atom stereocenters. The topological polar surface area (TPSA) is 107 Å². The summed E-state index contributed by atoms with van der Waals surface area (Å²) in [4.78, 5) is 34.1. The lowest BCUT2D eigenvalue weighted by atomic mass is 9.93. The molecule has 3 rings (SSSR count). The minimum absolute atomic E-state index is 0.288. The lowest BCUT2D eigenvalue weighted by Gasteiger charge is -2.28. The maximum absolute atomic E-state index is 14.2. The molecule has 0 radical (unpaired) electrons.